The molecule has 0 heterocycles. The van der Waals surface area contributed by atoms with E-state index in [0.717, 1.165) is 0 Å². The molecular formula is C5H10O3. The summed E-state index contributed by atoms with van der Waals surface area (Å²) >= 11 is 0. The van der Waals surface area contributed by atoms with E-state index in [1.165, 1.54) is 0 Å². The third-order valence-electron chi connectivity index (χ3n) is 0.258. The predicted octanol–water partition coefficient (Wildman–Crippen LogP) is 0.686. The van der Waals surface area contributed by atoms with Crippen LogP contribution in [0.15, 0.2) is 0 Å². The summed E-state index contributed by atoms with van der Waals surface area (Å²) in [7, 11) is 0. The minimum atomic E-state index is -1.08. The number of carboxylic acids is 1. The Kier molecular flexibility index (Phi) is 12.1. The fraction of sp³-hybridized carbons (Fsp3) is 0.600. The summed E-state index contributed by atoms with van der Waals surface area (Å²) in [6.07, 6.45) is -0.0394. The van der Waals surface area contributed by atoms with Crippen molar-refractivity contribution in [1.29, 1.82) is 0 Å². The van der Waals surface area contributed by atoms with Crippen LogP contribution in [0, 0.1) is 0 Å². The van der Waals surface area contributed by atoms with Gasteiger partial charge in [-0.15, -0.1) is 0 Å². The summed E-state index contributed by atoms with van der Waals surface area (Å²) in [6.45, 7) is 4.00. The number of carboxylic acid groups (broad SMARTS) is 1. The van der Waals surface area contributed by atoms with Crippen molar-refractivity contribution in [3.05, 3.63) is 0 Å². The first-order chi connectivity index (χ1) is 3.77. The lowest BCUT2D eigenvalue weighted by molar-refractivity contribution is -0.138. The molecule has 0 aliphatic carbocycles. The SMILES string of the molecule is CC.O=CCC(=O)O. The molecule has 0 bridgehead atoms. The van der Waals surface area contributed by atoms with E-state index >= 15 is 0 Å². The van der Waals surface area contributed by atoms with Gasteiger partial charge < -0.3 is 9.90 Å². The maximum Gasteiger partial charge on any atom is 0.310 e. The van der Waals surface area contributed by atoms with Crippen molar-refractivity contribution >= 4 is 12.3 Å². The molecule has 0 fully saturated rings. The van der Waals surface area contributed by atoms with Crippen LogP contribution in [0.1, 0.15) is 20.3 Å². The van der Waals surface area contributed by atoms with Crippen LogP contribution in [0.25, 0.3) is 0 Å². The molecule has 0 unspecified atom stereocenters. The second-order valence-electron chi connectivity index (χ2n) is 0.765. The zero-order chi connectivity index (χ0) is 6.99. The largest absolute Gasteiger partial charge is 0.481 e. The number of carbonyl (C=O) groups excluding carboxylic acids is 1. The van der Waals surface area contributed by atoms with Crippen LogP contribution in [0.2, 0.25) is 0 Å². The normalized spacial score (nSPS) is 6.25. The molecule has 3 nitrogen and oxygen atoms in total. The van der Waals surface area contributed by atoms with Gasteiger partial charge in [-0.2, -0.15) is 0 Å². The molecule has 0 radical (unpaired) electrons. The van der Waals surface area contributed by atoms with Crippen LogP contribution >= 0.6 is 0 Å². The zero-order valence-electron chi connectivity index (χ0n) is 5.05. The molecule has 0 aromatic heterocycles. The highest BCUT2D eigenvalue weighted by Crippen LogP contribution is 1.64. The van der Waals surface area contributed by atoms with Crippen LogP contribution in [0.4, 0.5) is 0 Å². The standard InChI is InChI=1S/C3H4O3.C2H6/c4-2-1-3(5)6;1-2/h2H,1H2,(H,5,6);1-2H3. The Morgan fingerprint density at radius 3 is 2.00 bits per heavy atom. The Balaban J connectivity index is 0. The molecule has 0 aromatic carbocycles. The number of aliphatic carboxylic acids is 1. The average Bonchev–Trinajstić information content (AvgIpc) is 1.72. The highest BCUT2D eigenvalue weighted by molar-refractivity contribution is 5.81. The minimum Gasteiger partial charge on any atom is -0.481 e. The summed E-state index contributed by atoms with van der Waals surface area (Å²) in [6, 6.07) is 0. The van der Waals surface area contributed by atoms with Gasteiger partial charge in [0.25, 0.3) is 0 Å². The van der Waals surface area contributed by atoms with Gasteiger partial charge in [0.15, 0.2) is 0 Å². The number of rotatable bonds is 2. The van der Waals surface area contributed by atoms with E-state index in [-0.39, 0.29) is 6.42 Å². The quantitative estimate of drug-likeness (QED) is 0.428. The predicted molar refractivity (Wildman–Crippen MR) is 29.7 cm³/mol. The van der Waals surface area contributed by atoms with E-state index in [4.69, 9.17) is 5.11 Å². The highest BCUT2D eigenvalue weighted by Gasteiger charge is 1.87. The minimum absolute atomic E-state index is 0.350. The molecule has 8 heavy (non-hydrogen) atoms. The van der Waals surface area contributed by atoms with Crippen molar-refractivity contribution in [3.8, 4) is 0 Å². The summed E-state index contributed by atoms with van der Waals surface area (Å²) in [5.41, 5.74) is 0. The van der Waals surface area contributed by atoms with Gasteiger partial charge in [-0.1, -0.05) is 13.8 Å². The molecular weight excluding hydrogens is 108 g/mol. The Labute approximate surface area is 48.3 Å². The average molecular weight is 118 g/mol. The van der Waals surface area contributed by atoms with Crippen LogP contribution in [-0.4, -0.2) is 17.4 Å². The number of hydrogen-bond donors (Lipinski definition) is 1. The van der Waals surface area contributed by atoms with Crippen LogP contribution in [0.5, 0.6) is 0 Å². The molecule has 48 valence electrons. The summed E-state index contributed by atoms with van der Waals surface area (Å²) in [5.74, 6) is -1.08. The summed E-state index contributed by atoms with van der Waals surface area (Å²) in [5, 5.41) is 7.68. The van der Waals surface area contributed by atoms with E-state index in [2.05, 4.69) is 0 Å². The second kappa shape index (κ2) is 9.46. The van der Waals surface area contributed by atoms with Crippen molar-refractivity contribution in [1.82, 2.24) is 0 Å². The highest BCUT2D eigenvalue weighted by atomic mass is 16.4. The van der Waals surface area contributed by atoms with Crippen LogP contribution < -0.4 is 0 Å². The third kappa shape index (κ3) is 19.2. The Morgan fingerprint density at radius 2 is 2.00 bits per heavy atom. The van der Waals surface area contributed by atoms with E-state index in [9.17, 15) is 9.59 Å². The number of aldehydes is 1. The smallest absolute Gasteiger partial charge is 0.310 e. The lowest BCUT2D eigenvalue weighted by Crippen LogP contribution is -1.92. The zero-order valence-corrected chi connectivity index (χ0v) is 5.05. The van der Waals surface area contributed by atoms with Gasteiger partial charge in [0.2, 0.25) is 0 Å². The van der Waals surface area contributed by atoms with E-state index < -0.39 is 5.97 Å². The number of carbonyl (C=O) groups is 2. The molecule has 0 atom stereocenters. The van der Waals surface area contributed by atoms with Crippen LogP contribution in [-0.2, 0) is 9.59 Å². The van der Waals surface area contributed by atoms with Gasteiger partial charge in [-0.3, -0.25) is 4.79 Å². The van der Waals surface area contributed by atoms with Gasteiger partial charge in [0, 0.05) is 0 Å². The Bertz CT molecular complexity index is 68.1. The first kappa shape index (κ1) is 10.2. The summed E-state index contributed by atoms with van der Waals surface area (Å²) in [4.78, 5) is 18.6. The third-order valence-corrected chi connectivity index (χ3v) is 0.258. The molecule has 0 spiro atoms. The van der Waals surface area contributed by atoms with Crippen molar-refractivity contribution < 1.29 is 14.7 Å². The van der Waals surface area contributed by atoms with Gasteiger partial charge in [-0.25, -0.2) is 0 Å². The lowest BCUT2D eigenvalue weighted by atomic mass is 10.5. The van der Waals surface area contributed by atoms with E-state index in [1.807, 2.05) is 13.8 Å². The van der Waals surface area contributed by atoms with Crippen molar-refractivity contribution in [2.24, 2.45) is 0 Å². The van der Waals surface area contributed by atoms with Gasteiger partial charge in [-0.05, 0) is 0 Å². The topological polar surface area (TPSA) is 54.4 Å². The van der Waals surface area contributed by atoms with Gasteiger partial charge >= 0.3 is 5.97 Å². The van der Waals surface area contributed by atoms with E-state index in [1.54, 1.807) is 0 Å². The molecule has 0 amide bonds. The first-order valence-corrected chi connectivity index (χ1v) is 2.43. The van der Waals surface area contributed by atoms with Crippen molar-refractivity contribution in [2.45, 2.75) is 20.3 Å². The molecule has 0 aliphatic heterocycles. The maximum atomic E-state index is 9.37. The van der Waals surface area contributed by atoms with Crippen molar-refractivity contribution in [2.75, 3.05) is 0 Å². The van der Waals surface area contributed by atoms with Gasteiger partial charge in [0.1, 0.15) is 12.7 Å². The fourth-order valence-corrected chi connectivity index (χ4v) is 0.0713. The Morgan fingerprint density at radius 1 is 1.62 bits per heavy atom. The number of hydrogen-bond acceptors (Lipinski definition) is 2. The lowest BCUT2D eigenvalue weighted by Gasteiger charge is -1.71. The van der Waals surface area contributed by atoms with Crippen LogP contribution in [0.3, 0.4) is 0 Å². The molecule has 3 heteroatoms. The monoisotopic (exact) mass is 118 g/mol. The second-order valence-corrected chi connectivity index (χ2v) is 0.765. The molecule has 0 aromatic rings. The molecule has 0 rings (SSSR count). The molecule has 0 saturated heterocycles. The molecule has 0 saturated carbocycles. The Hall–Kier alpha value is -0.860. The molecule has 1 N–H and O–H groups in total. The summed E-state index contributed by atoms with van der Waals surface area (Å²) < 4.78 is 0. The first-order valence-electron chi connectivity index (χ1n) is 2.43. The maximum absolute atomic E-state index is 9.37. The van der Waals surface area contributed by atoms with E-state index in [0.29, 0.717) is 6.29 Å². The molecule has 0 aliphatic rings. The van der Waals surface area contributed by atoms with Gasteiger partial charge in [0.05, 0.1) is 0 Å². The van der Waals surface area contributed by atoms with Crippen molar-refractivity contribution in [3.63, 3.8) is 0 Å². The fourth-order valence-electron chi connectivity index (χ4n) is 0.0713.